The molecule has 2 rings (SSSR count). The highest BCUT2D eigenvalue weighted by Gasteiger charge is 2.41. The lowest BCUT2D eigenvalue weighted by Gasteiger charge is -2.27. The molecule has 2 aliphatic rings. The molecule has 1 saturated carbocycles. The highest BCUT2D eigenvalue weighted by atomic mass is 16.5. The van der Waals surface area contributed by atoms with Crippen molar-refractivity contribution in [3.05, 3.63) is 0 Å². The van der Waals surface area contributed by atoms with Gasteiger partial charge in [0.05, 0.1) is 6.10 Å². The SMILES string of the molecule is CC1OCCC1(N)CC1CC1. The van der Waals surface area contributed by atoms with Crippen molar-refractivity contribution in [2.24, 2.45) is 11.7 Å². The third kappa shape index (κ3) is 1.42. The first-order chi connectivity index (χ1) is 5.21. The van der Waals surface area contributed by atoms with Gasteiger partial charge in [-0.25, -0.2) is 0 Å². The van der Waals surface area contributed by atoms with Gasteiger partial charge in [-0.15, -0.1) is 0 Å². The highest BCUT2D eigenvalue weighted by Crippen LogP contribution is 2.40. The van der Waals surface area contributed by atoms with Gasteiger partial charge in [-0.1, -0.05) is 12.8 Å². The molecule has 0 bridgehead atoms. The summed E-state index contributed by atoms with van der Waals surface area (Å²) in [5.41, 5.74) is 6.23. The molecule has 1 heterocycles. The summed E-state index contributed by atoms with van der Waals surface area (Å²) in [6.07, 6.45) is 5.32. The zero-order valence-corrected chi connectivity index (χ0v) is 7.18. The first-order valence-corrected chi connectivity index (χ1v) is 4.61. The Morgan fingerprint density at radius 2 is 2.27 bits per heavy atom. The average molecular weight is 155 g/mol. The third-order valence-electron chi connectivity index (χ3n) is 3.11. The van der Waals surface area contributed by atoms with Crippen LogP contribution in [0.2, 0.25) is 0 Å². The lowest BCUT2D eigenvalue weighted by molar-refractivity contribution is 0.0912. The van der Waals surface area contributed by atoms with Gasteiger partial charge in [0, 0.05) is 12.1 Å². The van der Waals surface area contributed by atoms with Crippen molar-refractivity contribution in [3.8, 4) is 0 Å². The molecule has 0 aromatic carbocycles. The zero-order chi connectivity index (χ0) is 7.90. The molecule has 0 radical (unpaired) electrons. The van der Waals surface area contributed by atoms with Crippen LogP contribution in [-0.2, 0) is 4.74 Å². The van der Waals surface area contributed by atoms with Gasteiger partial charge in [-0.3, -0.25) is 0 Å². The van der Waals surface area contributed by atoms with Gasteiger partial charge in [0.15, 0.2) is 0 Å². The van der Waals surface area contributed by atoms with E-state index in [0.29, 0.717) is 0 Å². The summed E-state index contributed by atoms with van der Waals surface area (Å²) < 4.78 is 5.47. The monoisotopic (exact) mass is 155 g/mol. The van der Waals surface area contributed by atoms with E-state index in [4.69, 9.17) is 10.5 Å². The molecule has 2 N–H and O–H groups in total. The Labute approximate surface area is 68.1 Å². The summed E-state index contributed by atoms with van der Waals surface area (Å²) in [4.78, 5) is 0. The maximum absolute atomic E-state index is 6.22. The molecule has 2 atom stereocenters. The Morgan fingerprint density at radius 1 is 1.55 bits per heavy atom. The number of ether oxygens (including phenoxy) is 1. The summed E-state index contributed by atoms with van der Waals surface area (Å²) in [6, 6.07) is 0. The van der Waals surface area contributed by atoms with Crippen molar-refractivity contribution in [2.45, 2.75) is 44.2 Å². The first-order valence-electron chi connectivity index (χ1n) is 4.61. The van der Waals surface area contributed by atoms with E-state index in [1.54, 1.807) is 0 Å². The summed E-state index contributed by atoms with van der Waals surface area (Å²) in [5, 5.41) is 0. The van der Waals surface area contributed by atoms with Crippen LogP contribution in [0.5, 0.6) is 0 Å². The van der Waals surface area contributed by atoms with Crippen LogP contribution in [0.4, 0.5) is 0 Å². The third-order valence-corrected chi connectivity index (χ3v) is 3.11. The Balaban J connectivity index is 1.94. The van der Waals surface area contributed by atoms with Crippen LogP contribution in [0, 0.1) is 5.92 Å². The molecule has 0 amide bonds. The molecular weight excluding hydrogens is 138 g/mol. The molecule has 64 valence electrons. The zero-order valence-electron chi connectivity index (χ0n) is 7.18. The minimum absolute atomic E-state index is 0.0150. The molecule has 1 aliphatic carbocycles. The topological polar surface area (TPSA) is 35.2 Å². The molecule has 2 unspecified atom stereocenters. The summed E-state index contributed by atoms with van der Waals surface area (Å²) in [6.45, 7) is 2.97. The second-order valence-electron chi connectivity index (χ2n) is 4.14. The lowest BCUT2D eigenvalue weighted by Crippen LogP contribution is -2.46. The van der Waals surface area contributed by atoms with Crippen molar-refractivity contribution < 1.29 is 4.74 Å². The number of rotatable bonds is 2. The van der Waals surface area contributed by atoms with E-state index in [0.717, 1.165) is 18.9 Å². The molecule has 0 aromatic heterocycles. The smallest absolute Gasteiger partial charge is 0.0727 e. The fourth-order valence-corrected chi connectivity index (χ4v) is 1.92. The lowest BCUT2D eigenvalue weighted by atomic mass is 9.87. The molecule has 0 aromatic rings. The van der Waals surface area contributed by atoms with Crippen LogP contribution in [0.1, 0.15) is 32.6 Å². The fraction of sp³-hybridized carbons (Fsp3) is 1.00. The Bertz CT molecular complexity index is 156. The van der Waals surface area contributed by atoms with Gasteiger partial charge in [-0.05, 0) is 25.7 Å². The van der Waals surface area contributed by atoms with Crippen LogP contribution >= 0.6 is 0 Å². The van der Waals surface area contributed by atoms with Gasteiger partial charge in [0.1, 0.15) is 0 Å². The van der Waals surface area contributed by atoms with E-state index in [2.05, 4.69) is 6.92 Å². The molecule has 2 fully saturated rings. The standard InChI is InChI=1S/C9H17NO/c1-7-9(10,4-5-11-7)6-8-2-3-8/h7-8H,2-6,10H2,1H3. The first kappa shape index (κ1) is 7.56. The Kier molecular flexibility index (Phi) is 1.69. The van der Waals surface area contributed by atoms with Crippen LogP contribution in [0.15, 0.2) is 0 Å². The molecule has 11 heavy (non-hydrogen) atoms. The number of hydrogen-bond donors (Lipinski definition) is 1. The second kappa shape index (κ2) is 2.46. The number of nitrogens with two attached hydrogens (primary N) is 1. The maximum atomic E-state index is 6.22. The maximum Gasteiger partial charge on any atom is 0.0727 e. The van der Waals surface area contributed by atoms with Gasteiger partial charge >= 0.3 is 0 Å². The predicted octanol–water partition coefficient (Wildman–Crippen LogP) is 1.29. The molecule has 2 nitrogen and oxygen atoms in total. The van der Waals surface area contributed by atoms with Crippen LogP contribution in [0.25, 0.3) is 0 Å². The van der Waals surface area contributed by atoms with E-state index < -0.39 is 0 Å². The molecule has 1 aliphatic heterocycles. The second-order valence-corrected chi connectivity index (χ2v) is 4.14. The molecule has 1 saturated heterocycles. The highest BCUT2D eigenvalue weighted by molar-refractivity contribution is 4.98. The van der Waals surface area contributed by atoms with Crippen molar-refractivity contribution in [1.29, 1.82) is 0 Å². The van der Waals surface area contributed by atoms with Crippen molar-refractivity contribution in [2.75, 3.05) is 6.61 Å². The van der Waals surface area contributed by atoms with E-state index in [9.17, 15) is 0 Å². The van der Waals surface area contributed by atoms with E-state index in [1.165, 1.54) is 19.3 Å². The fourth-order valence-electron chi connectivity index (χ4n) is 1.92. The van der Waals surface area contributed by atoms with E-state index in [-0.39, 0.29) is 11.6 Å². The van der Waals surface area contributed by atoms with Crippen LogP contribution in [0.3, 0.4) is 0 Å². The van der Waals surface area contributed by atoms with Crippen molar-refractivity contribution in [3.63, 3.8) is 0 Å². The summed E-state index contributed by atoms with van der Waals surface area (Å²) in [5.74, 6) is 0.921. The van der Waals surface area contributed by atoms with Gasteiger partial charge in [-0.2, -0.15) is 0 Å². The van der Waals surface area contributed by atoms with Crippen molar-refractivity contribution in [1.82, 2.24) is 0 Å². The molecule has 2 heteroatoms. The average Bonchev–Trinajstić information content (AvgIpc) is 2.66. The quantitative estimate of drug-likeness (QED) is 0.652. The number of hydrogen-bond acceptors (Lipinski definition) is 2. The minimum Gasteiger partial charge on any atom is -0.377 e. The van der Waals surface area contributed by atoms with Gasteiger partial charge < -0.3 is 10.5 Å². The summed E-state index contributed by atoms with van der Waals surface area (Å²) >= 11 is 0. The van der Waals surface area contributed by atoms with Crippen LogP contribution in [-0.4, -0.2) is 18.2 Å². The Hall–Kier alpha value is -0.0800. The minimum atomic E-state index is 0.0150. The van der Waals surface area contributed by atoms with Crippen molar-refractivity contribution >= 4 is 0 Å². The van der Waals surface area contributed by atoms with E-state index in [1.807, 2.05) is 0 Å². The van der Waals surface area contributed by atoms with Gasteiger partial charge in [0.25, 0.3) is 0 Å². The molecule has 0 spiro atoms. The Morgan fingerprint density at radius 3 is 2.73 bits per heavy atom. The molecular formula is C9H17NO. The van der Waals surface area contributed by atoms with E-state index >= 15 is 0 Å². The predicted molar refractivity (Wildman–Crippen MR) is 44.3 cm³/mol. The normalized spacial score (nSPS) is 44.7. The van der Waals surface area contributed by atoms with Gasteiger partial charge in [0.2, 0.25) is 0 Å². The summed E-state index contributed by atoms with van der Waals surface area (Å²) in [7, 11) is 0. The largest absolute Gasteiger partial charge is 0.377 e. The van der Waals surface area contributed by atoms with Crippen LogP contribution < -0.4 is 5.73 Å².